The van der Waals surface area contributed by atoms with E-state index in [1.54, 1.807) is 20.2 Å². The molecule has 0 amide bonds. The molecule has 0 aliphatic rings. The molecule has 0 atom stereocenters. The second-order valence-corrected chi connectivity index (χ2v) is 6.67. The number of ether oxygens (including phenoxy) is 1. The Morgan fingerprint density at radius 3 is 2.62 bits per heavy atom. The summed E-state index contributed by atoms with van der Waals surface area (Å²) in [7, 11) is 9.44. The van der Waals surface area contributed by atoms with Crippen LogP contribution in [-0.2, 0) is 17.8 Å². The van der Waals surface area contributed by atoms with Crippen molar-refractivity contribution in [1.29, 1.82) is 0 Å². The first kappa shape index (κ1) is 22.3. The van der Waals surface area contributed by atoms with Crippen LogP contribution in [0.4, 0.5) is 4.39 Å². The third kappa shape index (κ3) is 9.12. The molecule has 7 heteroatoms. The summed E-state index contributed by atoms with van der Waals surface area (Å²) in [6.07, 6.45) is 1.03. The number of likely N-dealkylation sites (N-methyl/N-ethyl adjacent to an activating group) is 1. The zero-order chi connectivity index (χ0) is 19.4. The van der Waals surface area contributed by atoms with Crippen LogP contribution in [0.25, 0.3) is 0 Å². The third-order valence-electron chi connectivity index (χ3n) is 3.95. The van der Waals surface area contributed by atoms with Gasteiger partial charge in [-0.3, -0.25) is 4.99 Å². The maximum Gasteiger partial charge on any atom is 0.191 e. The van der Waals surface area contributed by atoms with Crippen molar-refractivity contribution in [2.45, 2.75) is 19.5 Å². The first-order chi connectivity index (χ1) is 12.5. The molecule has 0 spiro atoms. The van der Waals surface area contributed by atoms with Gasteiger partial charge >= 0.3 is 0 Å². The van der Waals surface area contributed by atoms with E-state index < -0.39 is 0 Å². The second kappa shape index (κ2) is 12.6. The number of nitrogens with zero attached hydrogens (tertiary/aromatic N) is 3. The maximum atomic E-state index is 13.9. The number of methoxy groups -OCH3 is 1. The van der Waals surface area contributed by atoms with Crippen molar-refractivity contribution >= 4 is 5.96 Å². The largest absolute Gasteiger partial charge is 0.385 e. The number of hydrogen-bond acceptors (Lipinski definition) is 4. The lowest BCUT2D eigenvalue weighted by atomic mass is 10.1. The normalized spacial score (nSPS) is 12.1. The van der Waals surface area contributed by atoms with E-state index in [-0.39, 0.29) is 5.82 Å². The monoisotopic (exact) mass is 367 g/mol. The van der Waals surface area contributed by atoms with E-state index in [1.807, 2.05) is 25.1 Å². The summed E-state index contributed by atoms with van der Waals surface area (Å²) in [5.74, 6) is 0.579. The fourth-order valence-corrected chi connectivity index (χ4v) is 2.56. The van der Waals surface area contributed by atoms with Gasteiger partial charge in [0.2, 0.25) is 0 Å². The van der Waals surface area contributed by atoms with Crippen LogP contribution in [0.1, 0.15) is 17.5 Å². The van der Waals surface area contributed by atoms with Gasteiger partial charge in [0.1, 0.15) is 5.82 Å². The van der Waals surface area contributed by atoms with Crippen LogP contribution in [0.15, 0.2) is 23.2 Å². The quantitative estimate of drug-likeness (QED) is 0.353. The van der Waals surface area contributed by atoms with E-state index >= 15 is 0 Å². The Labute approximate surface area is 157 Å². The van der Waals surface area contributed by atoms with Crippen LogP contribution in [-0.4, -0.2) is 77.3 Å². The summed E-state index contributed by atoms with van der Waals surface area (Å²) in [5, 5.41) is 6.58. The van der Waals surface area contributed by atoms with Crippen molar-refractivity contribution in [3.63, 3.8) is 0 Å². The fourth-order valence-electron chi connectivity index (χ4n) is 2.56. The molecule has 0 radical (unpaired) electrons. The van der Waals surface area contributed by atoms with Gasteiger partial charge < -0.3 is 25.2 Å². The third-order valence-corrected chi connectivity index (χ3v) is 3.95. The van der Waals surface area contributed by atoms with Crippen molar-refractivity contribution in [2.75, 3.05) is 61.5 Å². The molecule has 1 rings (SSSR count). The summed E-state index contributed by atoms with van der Waals surface area (Å²) >= 11 is 0. The van der Waals surface area contributed by atoms with Crippen LogP contribution in [0, 0.1) is 5.82 Å². The minimum Gasteiger partial charge on any atom is -0.385 e. The van der Waals surface area contributed by atoms with E-state index in [0.29, 0.717) is 18.7 Å². The highest BCUT2D eigenvalue weighted by atomic mass is 19.1. The molecule has 6 nitrogen and oxygen atoms in total. The van der Waals surface area contributed by atoms with Gasteiger partial charge in [-0.2, -0.15) is 0 Å². The summed E-state index contributed by atoms with van der Waals surface area (Å²) in [4.78, 5) is 8.45. The Kier molecular flexibility index (Phi) is 10.8. The first-order valence-electron chi connectivity index (χ1n) is 9.00. The van der Waals surface area contributed by atoms with E-state index in [4.69, 9.17) is 4.74 Å². The number of aliphatic imine (C=N–C) groups is 1. The van der Waals surface area contributed by atoms with Gasteiger partial charge in [0, 0.05) is 59.1 Å². The molecule has 0 aliphatic carbocycles. The Hall–Kier alpha value is -1.70. The predicted molar refractivity (Wildman–Crippen MR) is 106 cm³/mol. The number of halogens is 1. The zero-order valence-corrected chi connectivity index (χ0v) is 16.8. The molecule has 0 saturated heterocycles. The van der Waals surface area contributed by atoms with Gasteiger partial charge in [-0.25, -0.2) is 4.39 Å². The van der Waals surface area contributed by atoms with Gasteiger partial charge in [-0.15, -0.1) is 0 Å². The van der Waals surface area contributed by atoms with Crippen molar-refractivity contribution in [1.82, 2.24) is 20.4 Å². The second-order valence-electron chi connectivity index (χ2n) is 6.67. The van der Waals surface area contributed by atoms with Crippen LogP contribution < -0.4 is 10.6 Å². The Morgan fingerprint density at radius 2 is 1.96 bits per heavy atom. The van der Waals surface area contributed by atoms with Crippen molar-refractivity contribution in [3.8, 4) is 0 Å². The smallest absolute Gasteiger partial charge is 0.191 e. The average molecular weight is 368 g/mol. The van der Waals surface area contributed by atoms with E-state index in [2.05, 4.69) is 27.6 Å². The number of guanidine groups is 1. The molecule has 0 heterocycles. The number of benzene rings is 1. The Morgan fingerprint density at radius 1 is 1.19 bits per heavy atom. The van der Waals surface area contributed by atoms with Crippen LogP contribution >= 0.6 is 0 Å². The lowest BCUT2D eigenvalue weighted by molar-refractivity contribution is 0.180. The molecule has 26 heavy (non-hydrogen) atoms. The number of nitrogens with one attached hydrogen (secondary N) is 2. The van der Waals surface area contributed by atoms with Crippen LogP contribution in [0.3, 0.4) is 0 Å². The van der Waals surface area contributed by atoms with Crippen molar-refractivity contribution in [2.24, 2.45) is 4.99 Å². The topological polar surface area (TPSA) is 52.1 Å². The minimum atomic E-state index is -0.165. The lowest BCUT2D eigenvalue weighted by Gasteiger charge is -2.18. The highest BCUT2D eigenvalue weighted by Crippen LogP contribution is 2.12. The standard InChI is InChI=1S/C19H34FN5O/c1-21-19(22-9-11-25(4)10-6-12-26-5)23-14-16-7-8-18(20)17(13-16)15-24(2)3/h7-8,13H,6,9-12,14-15H2,1-5H3,(H2,21,22,23). The number of hydrogen-bond donors (Lipinski definition) is 2. The SMILES string of the molecule is CN=C(NCCN(C)CCCOC)NCc1ccc(F)c(CN(C)C)c1. The fraction of sp³-hybridized carbons (Fsp3) is 0.632. The molecule has 2 N–H and O–H groups in total. The lowest BCUT2D eigenvalue weighted by Crippen LogP contribution is -2.40. The molecule has 1 aromatic carbocycles. The summed E-state index contributed by atoms with van der Waals surface area (Å²) < 4.78 is 18.9. The van der Waals surface area contributed by atoms with Gasteiger partial charge in [0.15, 0.2) is 5.96 Å². The summed E-state index contributed by atoms with van der Waals surface area (Å²) in [6.45, 7) is 4.71. The average Bonchev–Trinajstić information content (AvgIpc) is 2.60. The molecule has 148 valence electrons. The van der Waals surface area contributed by atoms with Gasteiger partial charge in [-0.05, 0) is 45.3 Å². The molecule has 0 aliphatic heterocycles. The van der Waals surface area contributed by atoms with Crippen LogP contribution in [0.5, 0.6) is 0 Å². The number of rotatable bonds is 11. The predicted octanol–water partition coefficient (Wildman–Crippen LogP) is 1.52. The minimum absolute atomic E-state index is 0.165. The molecule has 1 aromatic rings. The first-order valence-corrected chi connectivity index (χ1v) is 9.00. The molecule has 0 bridgehead atoms. The summed E-state index contributed by atoms with van der Waals surface area (Å²) in [5.41, 5.74) is 1.73. The molecule has 0 aromatic heterocycles. The van der Waals surface area contributed by atoms with Crippen molar-refractivity contribution < 1.29 is 9.13 Å². The van der Waals surface area contributed by atoms with E-state index in [1.165, 1.54) is 6.07 Å². The van der Waals surface area contributed by atoms with E-state index in [0.717, 1.165) is 44.2 Å². The molecular formula is C19H34FN5O. The molecular weight excluding hydrogens is 333 g/mol. The van der Waals surface area contributed by atoms with Gasteiger partial charge in [0.05, 0.1) is 0 Å². The van der Waals surface area contributed by atoms with Gasteiger partial charge in [-0.1, -0.05) is 6.07 Å². The summed E-state index contributed by atoms with van der Waals surface area (Å²) in [6, 6.07) is 5.23. The van der Waals surface area contributed by atoms with E-state index in [9.17, 15) is 4.39 Å². The van der Waals surface area contributed by atoms with Crippen molar-refractivity contribution in [3.05, 3.63) is 35.1 Å². The molecule has 0 saturated carbocycles. The maximum absolute atomic E-state index is 13.9. The highest BCUT2D eigenvalue weighted by Gasteiger charge is 2.06. The Balaban J connectivity index is 2.40. The highest BCUT2D eigenvalue weighted by molar-refractivity contribution is 5.79. The Bertz CT molecular complexity index is 551. The van der Waals surface area contributed by atoms with Gasteiger partial charge in [0.25, 0.3) is 0 Å². The van der Waals surface area contributed by atoms with Crippen LogP contribution in [0.2, 0.25) is 0 Å². The zero-order valence-electron chi connectivity index (χ0n) is 16.8. The molecule has 0 fully saturated rings. The molecule has 0 unspecified atom stereocenters.